The number of hydrogen-bond donors (Lipinski definition) is 1. The van der Waals surface area contributed by atoms with Gasteiger partial charge in [0, 0.05) is 25.4 Å². The van der Waals surface area contributed by atoms with E-state index in [9.17, 15) is 0 Å². The zero-order valence-electron chi connectivity index (χ0n) is 8.61. The SMILES string of the molecule is Cn1ccc(N[C@@H]2C[C@@H]3CC[C@@H]2C3)n1. The Labute approximate surface area is 84.5 Å². The molecule has 76 valence electrons. The molecule has 2 saturated carbocycles. The molecule has 1 aromatic heterocycles. The van der Waals surface area contributed by atoms with E-state index in [1.54, 1.807) is 0 Å². The normalized spacial score (nSPS) is 35.1. The van der Waals surface area contributed by atoms with Crippen LogP contribution in [-0.2, 0) is 7.05 Å². The second-order valence-electron chi connectivity index (χ2n) is 4.80. The molecule has 3 rings (SSSR count). The highest BCUT2D eigenvalue weighted by Gasteiger charge is 2.39. The van der Waals surface area contributed by atoms with Crippen LogP contribution >= 0.6 is 0 Å². The van der Waals surface area contributed by atoms with Crippen LogP contribution in [0.3, 0.4) is 0 Å². The van der Waals surface area contributed by atoms with Gasteiger partial charge in [0.2, 0.25) is 0 Å². The number of nitrogens with one attached hydrogen (secondary N) is 1. The van der Waals surface area contributed by atoms with Gasteiger partial charge in [-0.25, -0.2) is 0 Å². The molecule has 0 aliphatic heterocycles. The Hall–Kier alpha value is -0.990. The maximum absolute atomic E-state index is 4.36. The topological polar surface area (TPSA) is 29.9 Å². The number of fused-ring (bicyclic) bond motifs is 2. The summed E-state index contributed by atoms with van der Waals surface area (Å²) in [4.78, 5) is 0. The molecule has 3 heteroatoms. The van der Waals surface area contributed by atoms with Crippen LogP contribution in [0.2, 0.25) is 0 Å². The van der Waals surface area contributed by atoms with Gasteiger partial charge in [0.25, 0.3) is 0 Å². The molecule has 1 aromatic rings. The fourth-order valence-electron chi connectivity index (χ4n) is 3.10. The lowest BCUT2D eigenvalue weighted by molar-refractivity contribution is 0.438. The first kappa shape index (κ1) is 8.33. The van der Waals surface area contributed by atoms with Crippen molar-refractivity contribution in [3.05, 3.63) is 12.3 Å². The van der Waals surface area contributed by atoms with Gasteiger partial charge in [-0.1, -0.05) is 6.42 Å². The molecular formula is C11H17N3. The first-order valence-electron chi connectivity index (χ1n) is 5.57. The maximum Gasteiger partial charge on any atom is 0.148 e. The number of hydrogen-bond acceptors (Lipinski definition) is 2. The number of nitrogens with zero attached hydrogens (tertiary/aromatic N) is 2. The van der Waals surface area contributed by atoms with Crippen LogP contribution in [-0.4, -0.2) is 15.8 Å². The van der Waals surface area contributed by atoms with Gasteiger partial charge in [0.05, 0.1) is 0 Å². The van der Waals surface area contributed by atoms with E-state index in [-0.39, 0.29) is 0 Å². The van der Waals surface area contributed by atoms with Gasteiger partial charge in [0.15, 0.2) is 0 Å². The zero-order valence-corrected chi connectivity index (χ0v) is 8.61. The first-order chi connectivity index (χ1) is 6.81. The minimum absolute atomic E-state index is 0.698. The number of aryl methyl sites for hydroxylation is 1. The fraction of sp³-hybridized carbons (Fsp3) is 0.727. The highest BCUT2D eigenvalue weighted by Crippen LogP contribution is 2.45. The molecule has 0 unspecified atom stereocenters. The van der Waals surface area contributed by atoms with Gasteiger partial charge in [-0.15, -0.1) is 0 Å². The second kappa shape index (κ2) is 3.01. The Balaban J connectivity index is 1.68. The van der Waals surface area contributed by atoms with Crippen LogP contribution in [0, 0.1) is 11.8 Å². The molecule has 1 N–H and O–H groups in total. The van der Waals surface area contributed by atoms with Gasteiger partial charge in [-0.3, -0.25) is 4.68 Å². The Kier molecular flexibility index (Phi) is 1.79. The Bertz CT molecular complexity index is 331. The Morgan fingerprint density at radius 1 is 1.43 bits per heavy atom. The van der Waals surface area contributed by atoms with Crippen LogP contribution in [0.4, 0.5) is 5.82 Å². The van der Waals surface area contributed by atoms with Gasteiger partial charge in [-0.05, 0) is 31.1 Å². The highest BCUT2D eigenvalue weighted by molar-refractivity contribution is 5.34. The minimum Gasteiger partial charge on any atom is -0.366 e. The van der Waals surface area contributed by atoms with Crippen molar-refractivity contribution in [2.24, 2.45) is 18.9 Å². The van der Waals surface area contributed by atoms with Gasteiger partial charge in [-0.2, -0.15) is 5.10 Å². The van der Waals surface area contributed by atoms with Crippen molar-refractivity contribution in [3.8, 4) is 0 Å². The maximum atomic E-state index is 4.36. The van der Waals surface area contributed by atoms with E-state index >= 15 is 0 Å². The average molecular weight is 191 g/mol. The fourth-order valence-corrected chi connectivity index (χ4v) is 3.10. The summed E-state index contributed by atoms with van der Waals surface area (Å²) in [6, 6.07) is 2.76. The van der Waals surface area contributed by atoms with E-state index < -0.39 is 0 Å². The molecule has 1 heterocycles. The molecule has 3 atom stereocenters. The predicted molar refractivity (Wildman–Crippen MR) is 56.1 cm³/mol. The van der Waals surface area contributed by atoms with E-state index in [2.05, 4.69) is 16.5 Å². The molecule has 0 aromatic carbocycles. The van der Waals surface area contributed by atoms with E-state index in [4.69, 9.17) is 0 Å². The standard InChI is InChI=1S/C11H17N3/c1-14-5-4-11(13-14)12-10-7-8-2-3-9(10)6-8/h4-5,8-10H,2-3,6-7H2,1H3,(H,12,13)/t8-,9-,10-/m1/s1. The molecule has 2 aliphatic rings. The van der Waals surface area contributed by atoms with E-state index in [1.165, 1.54) is 25.7 Å². The van der Waals surface area contributed by atoms with Crippen LogP contribution in [0.1, 0.15) is 25.7 Å². The number of anilines is 1. The molecule has 14 heavy (non-hydrogen) atoms. The van der Waals surface area contributed by atoms with Crippen molar-refractivity contribution in [3.63, 3.8) is 0 Å². The van der Waals surface area contributed by atoms with Gasteiger partial charge in [0.1, 0.15) is 5.82 Å². The van der Waals surface area contributed by atoms with E-state index in [1.807, 2.05) is 17.9 Å². The average Bonchev–Trinajstić information content (AvgIpc) is 2.82. The lowest BCUT2D eigenvalue weighted by Crippen LogP contribution is -2.26. The van der Waals surface area contributed by atoms with Crippen molar-refractivity contribution in [2.75, 3.05) is 5.32 Å². The van der Waals surface area contributed by atoms with Crippen molar-refractivity contribution < 1.29 is 0 Å². The molecule has 0 saturated heterocycles. The van der Waals surface area contributed by atoms with Crippen molar-refractivity contribution in [1.82, 2.24) is 9.78 Å². The quantitative estimate of drug-likeness (QED) is 0.775. The molecule has 2 bridgehead atoms. The Morgan fingerprint density at radius 3 is 2.93 bits per heavy atom. The number of aromatic nitrogens is 2. The molecule has 3 nitrogen and oxygen atoms in total. The summed E-state index contributed by atoms with van der Waals surface area (Å²) in [6.07, 6.45) is 7.70. The van der Waals surface area contributed by atoms with Crippen LogP contribution in [0.25, 0.3) is 0 Å². The van der Waals surface area contributed by atoms with E-state index in [0.29, 0.717) is 6.04 Å². The summed E-state index contributed by atoms with van der Waals surface area (Å²) in [6.45, 7) is 0. The Morgan fingerprint density at radius 2 is 2.36 bits per heavy atom. The zero-order chi connectivity index (χ0) is 9.54. The van der Waals surface area contributed by atoms with Crippen LogP contribution < -0.4 is 5.32 Å². The van der Waals surface area contributed by atoms with E-state index in [0.717, 1.165) is 17.7 Å². The summed E-state index contributed by atoms with van der Waals surface area (Å²) >= 11 is 0. The van der Waals surface area contributed by atoms with Gasteiger partial charge >= 0.3 is 0 Å². The summed E-state index contributed by atoms with van der Waals surface area (Å²) in [5.41, 5.74) is 0. The smallest absolute Gasteiger partial charge is 0.148 e. The molecule has 2 fully saturated rings. The molecule has 2 aliphatic carbocycles. The highest BCUT2D eigenvalue weighted by atomic mass is 15.3. The van der Waals surface area contributed by atoms with Crippen molar-refractivity contribution in [2.45, 2.75) is 31.7 Å². The van der Waals surface area contributed by atoms with Crippen molar-refractivity contribution >= 4 is 5.82 Å². The molecular weight excluding hydrogens is 174 g/mol. The predicted octanol–water partition coefficient (Wildman–Crippen LogP) is 2.02. The molecule has 0 spiro atoms. The summed E-state index contributed by atoms with van der Waals surface area (Å²) in [7, 11) is 1.96. The first-order valence-corrected chi connectivity index (χ1v) is 5.57. The number of rotatable bonds is 2. The molecule has 0 radical (unpaired) electrons. The molecule has 0 amide bonds. The second-order valence-corrected chi connectivity index (χ2v) is 4.80. The lowest BCUT2D eigenvalue weighted by Gasteiger charge is -2.22. The summed E-state index contributed by atoms with van der Waals surface area (Å²) < 4.78 is 1.86. The monoisotopic (exact) mass is 191 g/mol. The van der Waals surface area contributed by atoms with Crippen molar-refractivity contribution in [1.29, 1.82) is 0 Å². The van der Waals surface area contributed by atoms with Crippen LogP contribution in [0.15, 0.2) is 12.3 Å². The third-order valence-electron chi connectivity index (χ3n) is 3.78. The third-order valence-corrected chi connectivity index (χ3v) is 3.78. The summed E-state index contributed by atoms with van der Waals surface area (Å²) in [5.74, 6) is 2.97. The van der Waals surface area contributed by atoms with Crippen LogP contribution in [0.5, 0.6) is 0 Å². The largest absolute Gasteiger partial charge is 0.366 e. The lowest BCUT2D eigenvalue weighted by atomic mass is 9.95. The third kappa shape index (κ3) is 1.31. The van der Waals surface area contributed by atoms with Gasteiger partial charge < -0.3 is 5.32 Å². The summed E-state index contributed by atoms with van der Waals surface area (Å²) in [5, 5.41) is 7.92. The minimum atomic E-state index is 0.698.